The molecule has 1 heterocycles. The number of hydrogen-bond donors (Lipinski definition) is 3. The Bertz CT molecular complexity index is 1740. The van der Waals surface area contributed by atoms with Crippen LogP contribution in [0.1, 0.15) is 31.8 Å². The topological polar surface area (TPSA) is 116 Å². The van der Waals surface area contributed by atoms with Gasteiger partial charge in [-0.2, -0.15) is 0 Å². The van der Waals surface area contributed by atoms with Gasteiger partial charge in [-0.1, -0.05) is 78.9 Å². The Morgan fingerprint density at radius 3 is 2.10 bits per heavy atom. The number of carboxylic acid groups (broad SMARTS) is 1. The summed E-state index contributed by atoms with van der Waals surface area (Å²) >= 11 is 0. The highest BCUT2D eigenvalue weighted by molar-refractivity contribution is 5.99. The molecule has 198 valence electrons. The largest absolute Gasteiger partial charge is 0.477 e. The maximum atomic E-state index is 13.5. The second-order valence-electron chi connectivity index (χ2n) is 9.52. The Morgan fingerprint density at radius 2 is 1.43 bits per heavy atom. The van der Waals surface area contributed by atoms with Crippen molar-refractivity contribution in [2.24, 2.45) is 0 Å². The summed E-state index contributed by atoms with van der Waals surface area (Å²) in [5.41, 5.74) is 3.37. The van der Waals surface area contributed by atoms with E-state index in [-0.39, 0.29) is 29.1 Å². The van der Waals surface area contributed by atoms with E-state index in [1.165, 1.54) is 6.07 Å². The predicted molar refractivity (Wildman–Crippen MR) is 154 cm³/mol. The summed E-state index contributed by atoms with van der Waals surface area (Å²) in [7, 11) is 0. The predicted octanol–water partition coefficient (Wildman–Crippen LogP) is 5.05. The normalized spacial score (nSPS) is 11.6. The first-order valence-corrected chi connectivity index (χ1v) is 12.8. The summed E-state index contributed by atoms with van der Waals surface area (Å²) in [6.45, 7) is 0. The van der Waals surface area contributed by atoms with Gasteiger partial charge in [-0.05, 0) is 52.9 Å². The van der Waals surface area contributed by atoms with Crippen molar-refractivity contribution in [1.82, 2.24) is 10.3 Å². The number of ketones is 1. The van der Waals surface area contributed by atoms with Gasteiger partial charge in [-0.15, -0.1) is 0 Å². The van der Waals surface area contributed by atoms with Crippen LogP contribution in [-0.4, -0.2) is 33.8 Å². The number of H-pyrrole nitrogens is 1. The fourth-order valence-corrected chi connectivity index (χ4v) is 4.64. The van der Waals surface area contributed by atoms with Gasteiger partial charge in [0, 0.05) is 29.1 Å². The highest BCUT2D eigenvalue weighted by atomic mass is 16.4. The van der Waals surface area contributed by atoms with Crippen molar-refractivity contribution < 1.29 is 19.5 Å². The van der Waals surface area contributed by atoms with Crippen LogP contribution in [0.25, 0.3) is 22.0 Å². The average Bonchev–Trinajstić information content (AvgIpc) is 2.98. The van der Waals surface area contributed by atoms with Crippen molar-refractivity contribution in [2.45, 2.75) is 18.9 Å². The Kier molecular flexibility index (Phi) is 7.64. The fourth-order valence-electron chi connectivity index (χ4n) is 4.64. The number of aromatic nitrogens is 1. The number of Topliss-reactive ketones (excluding diaryl/α,β-unsaturated/α-hetero) is 1. The summed E-state index contributed by atoms with van der Waals surface area (Å²) < 4.78 is 0. The Morgan fingerprint density at radius 1 is 0.775 bits per heavy atom. The number of nitrogens with one attached hydrogen (secondary N) is 2. The number of benzene rings is 4. The number of pyridine rings is 1. The molecule has 1 atom stereocenters. The van der Waals surface area contributed by atoms with Crippen molar-refractivity contribution in [3.05, 3.63) is 142 Å². The van der Waals surface area contributed by atoms with Crippen LogP contribution in [0, 0.1) is 0 Å². The number of aromatic amines is 1. The van der Waals surface area contributed by atoms with E-state index in [1.54, 1.807) is 24.3 Å². The Labute approximate surface area is 230 Å². The lowest BCUT2D eigenvalue weighted by molar-refractivity contribution is -0.120. The van der Waals surface area contributed by atoms with E-state index in [1.807, 2.05) is 72.8 Å². The summed E-state index contributed by atoms with van der Waals surface area (Å²) in [6, 6.07) is 30.5. The monoisotopic (exact) mass is 530 g/mol. The highest BCUT2D eigenvalue weighted by Gasteiger charge is 2.23. The fraction of sp³-hybridized carbons (Fsp3) is 0.0909. The first-order chi connectivity index (χ1) is 19.4. The van der Waals surface area contributed by atoms with E-state index in [9.17, 15) is 24.3 Å². The smallest absolute Gasteiger partial charge is 0.341 e. The molecule has 1 aromatic heterocycles. The molecule has 7 heteroatoms. The number of aromatic carboxylic acids is 1. The number of carbonyl (C=O) groups is 3. The number of rotatable bonds is 9. The van der Waals surface area contributed by atoms with E-state index >= 15 is 0 Å². The zero-order valence-electron chi connectivity index (χ0n) is 21.5. The standard InChI is InChI=1S/C33H26N2O5/c36-30(19-22-11-16-28-26(17-22)31(37)27(20-34-28)33(39)40)29(18-21-7-3-1-4-8-21)35-32(38)25-14-12-24(13-15-25)23-9-5-2-6-10-23/h1-17,20,29H,18-19H2,(H,34,37)(H,35,38)(H,39,40)/t29-/m0/s1. The minimum atomic E-state index is -1.33. The zero-order valence-corrected chi connectivity index (χ0v) is 21.5. The number of fused-ring (bicyclic) bond motifs is 1. The van der Waals surface area contributed by atoms with Crippen LogP contribution in [-0.2, 0) is 17.6 Å². The van der Waals surface area contributed by atoms with Crippen LogP contribution in [0.15, 0.2) is 114 Å². The molecule has 3 N–H and O–H groups in total. The molecule has 0 aliphatic heterocycles. The molecule has 1 amide bonds. The maximum Gasteiger partial charge on any atom is 0.341 e. The minimum absolute atomic E-state index is 0.0442. The van der Waals surface area contributed by atoms with Gasteiger partial charge in [0.2, 0.25) is 5.43 Å². The second-order valence-corrected chi connectivity index (χ2v) is 9.52. The molecule has 0 unspecified atom stereocenters. The van der Waals surface area contributed by atoms with Crippen molar-refractivity contribution in [2.75, 3.05) is 0 Å². The second kappa shape index (κ2) is 11.6. The molecule has 0 saturated heterocycles. The average molecular weight is 531 g/mol. The van der Waals surface area contributed by atoms with Gasteiger partial charge in [0.15, 0.2) is 5.78 Å². The maximum absolute atomic E-state index is 13.5. The van der Waals surface area contributed by atoms with Crippen LogP contribution < -0.4 is 10.7 Å². The molecule has 0 bridgehead atoms. The third-order valence-corrected chi connectivity index (χ3v) is 6.78. The first kappa shape index (κ1) is 26.3. The molecule has 5 aromatic rings. The molecule has 0 aliphatic carbocycles. The molecular formula is C33H26N2O5. The summed E-state index contributed by atoms with van der Waals surface area (Å²) in [6.07, 6.45) is 1.41. The third-order valence-electron chi connectivity index (χ3n) is 6.78. The summed E-state index contributed by atoms with van der Waals surface area (Å²) in [5.74, 6) is -1.93. The van der Waals surface area contributed by atoms with E-state index in [2.05, 4.69) is 10.3 Å². The van der Waals surface area contributed by atoms with Gasteiger partial charge in [0.05, 0.1) is 6.04 Å². The number of carbonyl (C=O) groups excluding carboxylic acids is 2. The Hall–Kier alpha value is -5.30. The van der Waals surface area contributed by atoms with Gasteiger partial charge < -0.3 is 15.4 Å². The molecule has 40 heavy (non-hydrogen) atoms. The molecule has 7 nitrogen and oxygen atoms in total. The van der Waals surface area contributed by atoms with Crippen molar-refractivity contribution in [3.63, 3.8) is 0 Å². The van der Waals surface area contributed by atoms with Crippen molar-refractivity contribution >= 4 is 28.6 Å². The third kappa shape index (κ3) is 5.89. The van der Waals surface area contributed by atoms with Gasteiger partial charge in [0.1, 0.15) is 5.56 Å². The SMILES string of the molecule is O=C(N[C@@H](Cc1ccccc1)C(=O)Cc1ccc2[nH]cc(C(=O)O)c(=O)c2c1)c1ccc(-c2ccccc2)cc1. The zero-order chi connectivity index (χ0) is 28.1. The highest BCUT2D eigenvalue weighted by Crippen LogP contribution is 2.20. The van der Waals surface area contributed by atoms with Crippen LogP contribution >= 0.6 is 0 Å². The van der Waals surface area contributed by atoms with E-state index in [0.717, 1.165) is 22.9 Å². The van der Waals surface area contributed by atoms with E-state index in [0.29, 0.717) is 23.1 Å². The summed E-state index contributed by atoms with van der Waals surface area (Å²) in [4.78, 5) is 53.6. The van der Waals surface area contributed by atoms with Gasteiger partial charge >= 0.3 is 5.97 Å². The summed E-state index contributed by atoms with van der Waals surface area (Å²) in [5, 5.41) is 12.4. The van der Waals surface area contributed by atoms with Gasteiger partial charge in [0.25, 0.3) is 5.91 Å². The number of carboxylic acids is 1. The molecular weight excluding hydrogens is 504 g/mol. The molecule has 5 rings (SSSR count). The number of hydrogen-bond acceptors (Lipinski definition) is 4. The van der Waals surface area contributed by atoms with E-state index in [4.69, 9.17) is 0 Å². The minimum Gasteiger partial charge on any atom is -0.477 e. The van der Waals surface area contributed by atoms with Crippen LogP contribution in [0.2, 0.25) is 0 Å². The van der Waals surface area contributed by atoms with Crippen molar-refractivity contribution in [1.29, 1.82) is 0 Å². The Balaban J connectivity index is 1.38. The molecule has 0 spiro atoms. The molecule has 0 saturated carbocycles. The molecule has 0 fully saturated rings. The molecule has 0 aliphatic rings. The van der Waals surface area contributed by atoms with Gasteiger partial charge in [-0.3, -0.25) is 14.4 Å². The number of amides is 1. The lowest BCUT2D eigenvalue weighted by atomic mass is 9.96. The van der Waals surface area contributed by atoms with E-state index < -0.39 is 17.4 Å². The molecule has 0 radical (unpaired) electrons. The van der Waals surface area contributed by atoms with Gasteiger partial charge in [-0.25, -0.2) is 4.79 Å². The van der Waals surface area contributed by atoms with Crippen LogP contribution in [0.4, 0.5) is 0 Å². The quantitative estimate of drug-likeness (QED) is 0.247. The van der Waals surface area contributed by atoms with Crippen LogP contribution in [0.3, 0.4) is 0 Å². The lowest BCUT2D eigenvalue weighted by Gasteiger charge is -2.18. The van der Waals surface area contributed by atoms with Crippen molar-refractivity contribution in [3.8, 4) is 11.1 Å². The van der Waals surface area contributed by atoms with Crippen LogP contribution in [0.5, 0.6) is 0 Å². The first-order valence-electron chi connectivity index (χ1n) is 12.8. The lowest BCUT2D eigenvalue weighted by Crippen LogP contribution is -2.43. The molecule has 4 aromatic carbocycles.